The van der Waals surface area contributed by atoms with Crippen LogP contribution in [0.2, 0.25) is 0 Å². The quantitative estimate of drug-likeness (QED) is 0.707. The van der Waals surface area contributed by atoms with Crippen LogP contribution in [0.25, 0.3) is 0 Å². The van der Waals surface area contributed by atoms with Gasteiger partial charge in [-0.05, 0) is 50.1 Å². The van der Waals surface area contributed by atoms with Crippen molar-refractivity contribution in [3.63, 3.8) is 0 Å². The van der Waals surface area contributed by atoms with Gasteiger partial charge in [0, 0.05) is 22.4 Å². The predicted molar refractivity (Wildman–Crippen MR) is 75.6 cm³/mol. The zero-order valence-corrected chi connectivity index (χ0v) is 12.9. The molecule has 2 N–H and O–H groups in total. The molecule has 1 heterocycles. The van der Waals surface area contributed by atoms with Gasteiger partial charge in [0.2, 0.25) is 5.88 Å². The Labute approximate surface area is 129 Å². The summed E-state index contributed by atoms with van der Waals surface area (Å²) >= 11 is 6.13. The average Bonchev–Trinajstić information content (AvgIpc) is 2.34. The van der Waals surface area contributed by atoms with Crippen molar-refractivity contribution >= 4 is 37.5 Å². The van der Waals surface area contributed by atoms with E-state index in [9.17, 15) is 13.2 Å². The Kier molecular flexibility index (Phi) is 4.24. The van der Waals surface area contributed by atoms with Crippen LogP contribution in [0.4, 0.5) is 18.9 Å². The Bertz CT molecular complexity index is 647. The summed E-state index contributed by atoms with van der Waals surface area (Å²) in [5.41, 5.74) is 4.98. The number of anilines is 1. The number of benzene rings is 1. The van der Waals surface area contributed by atoms with Crippen molar-refractivity contribution in [3.05, 3.63) is 45.0 Å². The third-order valence-electron chi connectivity index (χ3n) is 2.29. The average molecular weight is 412 g/mol. The summed E-state index contributed by atoms with van der Waals surface area (Å²) in [5, 5.41) is 0. The van der Waals surface area contributed by atoms with E-state index in [1.807, 2.05) is 0 Å². The molecule has 0 aliphatic heterocycles. The van der Waals surface area contributed by atoms with Gasteiger partial charge in [-0.3, -0.25) is 0 Å². The maximum Gasteiger partial charge on any atom is 0.421 e. The van der Waals surface area contributed by atoms with Crippen LogP contribution in [0.3, 0.4) is 0 Å². The summed E-state index contributed by atoms with van der Waals surface area (Å²) in [6, 6.07) is 5.49. The Morgan fingerprint density at radius 1 is 1.15 bits per heavy atom. The second-order valence-electron chi connectivity index (χ2n) is 3.80. The molecule has 0 atom stereocenters. The third kappa shape index (κ3) is 3.43. The van der Waals surface area contributed by atoms with E-state index in [1.54, 1.807) is 12.1 Å². The highest BCUT2D eigenvalue weighted by molar-refractivity contribution is 9.10. The van der Waals surface area contributed by atoms with E-state index >= 15 is 0 Å². The normalized spacial score (nSPS) is 11.4. The van der Waals surface area contributed by atoms with Gasteiger partial charge >= 0.3 is 6.18 Å². The molecule has 2 rings (SSSR count). The Balaban J connectivity index is 2.46. The molecule has 0 amide bonds. The molecule has 2 aromatic rings. The van der Waals surface area contributed by atoms with Crippen molar-refractivity contribution in [2.24, 2.45) is 0 Å². The molecular formula is C12H7Br2F3N2O. The fourth-order valence-corrected chi connectivity index (χ4v) is 2.07. The number of ether oxygens (including phenoxy) is 1. The van der Waals surface area contributed by atoms with E-state index in [-0.39, 0.29) is 10.2 Å². The van der Waals surface area contributed by atoms with Gasteiger partial charge < -0.3 is 10.5 Å². The van der Waals surface area contributed by atoms with E-state index in [0.717, 1.165) is 6.07 Å². The van der Waals surface area contributed by atoms with E-state index in [0.29, 0.717) is 10.2 Å². The lowest BCUT2D eigenvalue weighted by Gasteiger charge is -2.14. The second kappa shape index (κ2) is 5.61. The van der Waals surface area contributed by atoms with Crippen molar-refractivity contribution in [2.75, 3.05) is 5.73 Å². The fraction of sp³-hybridized carbons (Fsp3) is 0.0833. The maximum absolute atomic E-state index is 12.9. The van der Waals surface area contributed by atoms with Gasteiger partial charge in [0.1, 0.15) is 11.3 Å². The lowest BCUT2D eigenvalue weighted by molar-refractivity contribution is -0.138. The number of hydrogen-bond acceptors (Lipinski definition) is 3. The first-order valence-electron chi connectivity index (χ1n) is 5.23. The van der Waals surface area contributed by atoms with Crippen molar-refractivity contribution < 1.29 is 17.9 Å². The van der Waals surface area contributed by atoms with Crippen LogP contribution in [0.5, 0.6) is 11.6 Å². The monoisotopic (exact) mass is 410 g/mol. The number of alkyl halides is 3. The molecule has 106 valence electrons. The topological polar surface area (TPSA) is 48.1 Å². The molecule has 0 spiro atoms. The number of halogens is 5. The lowest BCUT2D eigenvalue weighted by atomic mass is 10.2. The molecule has 0 bridgehead atoms. The summed E-state index contributed by atoms with van der Waals surface area (Å²) in [6.45, 7) is 0. The van der Waals surface area contributed by atoms with Crippen LogP contribution >= 0.6 is 31.9 Å². The predicted octanol–water partition coefficient (Wildman–Crippen LogP) is 5.00. The molecule has 0 unspecified atom stereocenters. The van der Waals surface area contributed by atoms with E-state index < -0.39 is 17.6 Å². The molecule has 1 aromatic heterocycles. The first-order valence-corrected chi connectivity index (χ1v) is 6.81. The maximum atomic E-state index is 12.9. The zero-order chi connectivity index (χ0) is 14.9. The molecular weight excluding hydrogens is 405 g/mol. The van der Waals surface area contributed by atoms with Crippen LogP contribution in [-0.2, 0) is 6.18 Å². The zero-order valence-electron chi connectivity index (χ0n) is 9.71. The van der Waals surface area contributed by atoms with Gasteiger partial charge in [-0.1, -0.05) is 0 Å². The van der Waals surface area contributed by atoms with Crippen LogP contribution in [-0.4, -0.2) is 4.98 Å². The van der Waals surface area contributed by atoms with E-state index in [2.05, 4.69) is 36.8 Å². The van der Waals surface area contributed by atoms with Crippen LogP contribution in [0, 0.1) is 0 Å². The van der Waals surface area contributed by atoms with Crippen molar-refractivity contribution in [1.82, 2.24) is 4.98 Å². The van der Waals surface area contributed by atoms with E-state index in [1.165, 1.54) is 12.3 Å². The standard InChI is InChI=1S/C12H7Br2F3N2O/c13-6-3-8(12(15,16)17)11(19-5-6)20-10-4-7(18)1-2-9(10)14/h1-5H,18H2. The molecule has 8 heteroatoms. The highest BCUT2D eigenvalue weighted by Gasteiger charge is 2.36. The molecule has 20 heavy (non-hydrogen) atoms. The van der Waals surface area contributed by atoms with Gasteiger partial charge in [0.05, 0.1) is 4.47 Å². The van der Waals surface area contributed by atoms with Gasteiger partial charge in [-0.2, -0.15) is 13.2 Å². The summed E-state index contributed by atoms with van der Waals surface area (Å²) in [4.78, 5) is 3.66. The van der Waals surface area contributed by atoms with Gasteiger partial charge in [-0.25, -0.2) is 4.98 Å². The number of nitrogens with two attached hydrogens (primary N) is 1. The number of hydrogen-bond donors (Lipinski definition) is 1. The lowest BCUT2D eigenvalue weighted by Crippen LogP contribution is -2.08. The summed E-state index contributed by atoms with van der Waals surface area (Å²) in [6.07, 6.45) is -3.34. The van der Waals surface area contributed by atoms with Crippen LogP contribution in [0.15, 0.2) is 39.4 Å². The molecule has 0 aliphatic rings. The minimum absolute atomic E-state index is 0.158. The molecule has 0 saturated heterocycles. The molecule has 3 nitrogen and oxygen atoms in total. The third-order valence-corrected chi connectivity index (χ3v) is 3.37. The molecule has 0 saturated carbocycles. The minimum Gasteiger partial charge on any atom is -0.437 e. The summed E-state index contributed by atoms with van der Waals surface area (Å²) < 4.78 is 44.7. The van der Waals surface area contributed by atoms with Crippen molar-refractivity contribution in [2.45, 2.75) is 6.18 Å². The SMILES string of the molecule is Nc1ccc(Br)c(Oc2ncc(Br)cc2C(F)(F)F)c1. The Morgan fingerprint density at radius 2 is 1.85 bits per heavy atom. The number of nitrogens with zero attached hydrogens (tertiary/aromatic N) is 1. The van der Waals surface area contributed by atoms with Gasteiger partial charge in [0.15, 0.2) is 0 Å². The van der Waals surface area contributed by atoms with E-state index in [4.69, 9.17) is 10.5 Å². The highest BCUT2D eigenvalue weighted by atomic mass is 79.9. The number of pyridine rings is 1. The number of aromatic nitrogens is 1. The minimum atomic E-state index is -4.57. The first kappa shape index (κ1) is 15.1. The number of rotatable bonds is 2. The molecule has 0 radical (unpaired) electrons. The van der Waals surface area contributed by atoms with Crippen LogP contribution in [0.1, 0.15) is 5.56 Å². The summed E-state index contributed by atoms with van der Waals surface area (Å²) in [7, 11) is 0. The molecule has 1 aromatic carbocycles. The number of nitrogen functional groups attached to an aromatic ring is 1. The highest BCUT2D eigenvalue weighted by Crippen LogP contribution is 2.39. The van der Waals surface area contributed by atoms with Crippen molar-refractivity contribution in [1.29, 1.82) is 0 Å². The summed E-state index contributed by atoms with van der Waals surface area (Å²) in [5.74, 6) is -0.377. The van der Waals surface area contributed by atoms with Crippen molar-refractivity contribution in [3.8, 4) is 11.6 Å². The van der Waals surface area contributed by atoms with Crippen LogP contribution < -0.4 is 10.5 Å². The smallest absolute Gasteiger partial charge is 0.421 e. The van der Waals surface area contributed by atoms with Gasteiger partial charge in [-0.15, -0.1) is 0 Å². The molecule has 0 fully saturated rings. The Hall–Kier alpha value is -1.28. The largest absolute Gasteiger partial charge is 0.437 e. The Morgan fingerprint density at radius 3 is 2.50 bits per heavy atom. The van der Waals surface area contributed by atoms with Gasteiger partial charge in [0.25, 0.3) is 0 Å². The first-order chi connectivity index (χ1) is 9.27. The molecule has 0 aliphatic carbocycles. The second-order valence-corrected chi connectivity index (χ2v) is 5.57. The fourth-order valence-electron chi connectivity index (χ4n) is 1.41.